The number of thiazole rings is 1. The average molecular weight is 309 g/mol. The molecule has 1 unspecified atom stereocenters. The summed E-state index contributed by atoms with van der Waals surface area (Å²) in [5.41, 5.74) is 0. The first kappa shape index (κ1) is 15.0. The standard InChI is InChI=1S/C11H14F3N3O2S/c1-7(9(18)17-2-4-19-5-3-17)16-10-15-6-8(20-10)11(12,13)14/h6-7H,2-5H2,1H3,(H,15,16). The predicted octanol–water partition coefficient (Wildman–Crippen LogP) is 1.82. The van der Waals surface area contributed by atoms with Crippen LogP contribution in [0.3, 0.4) is 0 Å². The van der Waals surface area contributed by atoms with Crippen molar-refractivity contribution < 1.29 is 22.7 Å². The Bertz CT molecular complexity index is 472. The summed E-state index contributed by atoms with van der Waals surface area (Å²) < 4.78 is 42.5. The highest BCUT2D eigenvalue weighted by molar-refractivity contribution is 7.15. The second-order valence-electron chi connectivity index (χ2n) is 4.33. The molecule has 1 N–H and O–H groups in total. The Balaban J connectivity index is 1.95. The second kappa shape index (κ2) is 5.96. The third kappa shape index (κ3) is 3.60. The van der Waals surface area contributed by atoms with Gasteiger partial charge in [-0.1, -0.05) is 11.3 Å². The van der Waals surface area contributed by atoms with Gasteiger partial charge in [-0.25, -0.2) is 4.98 Å². The SMILES string of the molecule is CC(Nc1ncc(C(F)(F)F)s1)C(=O)N1CCOCC1. The quantitative estimate of drug-likeness (QED) is 0.925. The molecule has 0 radical (unpaired) electrons. The van der Waals surface area contributed by atoms with Crippen LogP contribution in [0.15, 0.2) is 6.20 Å². The van der Waals surface area contributed by atoms with E-state index in [2.05, 4.69) is 10.3 Å². The summed E-state index contributed by atoms with van der Waals surface area (Å²) in [6, 6.07) is -0.625. The van der Waals surface area contributed by atoms with Crippen molar-refractivity contribution in [1.29, 1.82) is 0 Å². The summed E-state index contributed by atoms with van der Waals surface area (Å²) in [7, 11) is 0. The van der Waals surface area contributed by atoms with Gasteiger partial charge in [0.2, 0.25) is 5.91 Å². The summed E-state index contributed by atoms with van der Waals surface area (Å²) in [6.45, 7) is 3.56. The molecule has 1 aromatic rings. The highest BCUT2D eigenvalue weighted by Gasteiger charge is 2.33. The second-order valence-corrected chi connectivity index (χ2v) is 5.36. The molecule has 1 saturated heterocycles. The van der Waals surface area contributed by atoms with Crippen molar-refractivity contribution >= 4 is 22.4 Å². The molecule has 0 bridgehead atoms. The molecule has 1 atom stereocenters. The van der Waals surface area contributed by atoms with Gasteiger partial charge in [0.25, 0.3) is 0 Å². The lowest BCUT2D eigenvalue weighted by Gasteiger charge is -2.29. The highest BCUT2D eigenvalue weighted by atomic mass is 32.1. The molecule has 2 rings (SSSR count). The minimum absolute atomic E-state index is 0.0893. The molecule has 0 aromatic carbocycles. The molecule has 1 fully saturated rings. The fraction of sp³-hybridized carbons (Fsp3) is 0.636. The Morgan fingerprint density at radius 2 is 2.15 bits per heavy atom. The Hall–Kier alpha value is -1.35. The van der Waals surface area contributed by atoms with E-state index in [0.717, 1.165) is 6.20 Å². The lowest BCUT2D eigenvalue weighted by molar-refractivity contribution is -0.136. The average Bonchev–Trinajstić information content (AvgIpc) is 2.87. The zero-order valence-corrected chi connectivity index (χ0v) is 11.6. The number of amides is 1. The van der Waals surface area contributed by atoms with Gasteiger partial charge in [0.05, 0.1) is 19.4 Å². The van der Waals surface area contributed by atoms with Crippen LogP contribution >= 0.6 is 11.3 Å². The number of halogens is 3. The number of aromatic nitrogens is 1. The zero-order valence-electron chi connectivity index (χ0n) is 10.7. The van der Waals surface area contributed by atoms with Crippen molar-refractivity contribution in [3.05, 3.63) is 11.1 Å². The van der Waals surface area contributed by atoms with Gasteiger partial charge in [-0.15, -0.1) is 0 Å². The molecule has 112 valence electrons. The van der Waals surface area contributed by atoms with Crippen molar-refractivity contribution in [2.24, 2.45) is 0 Å². The monoisotopic (exact) mass is 309 g/mol. The van der Waals surface area contributed by atoms with Crippen LogP contribution in [0, 0.1) is 0 Å². The molecule has 1 aliphatic rings. The molecule has 1 amide bonds. The molecule has 9 heteroatoms. The number of nitrogens with zero attached hydrogens (tertiary/aromatic N) is 2. The maximum absolute atomic E-state index is 12.4. The van der Waals surface area contributed by atoms with Gasteiger partial charge in [0.1, 0.15) is 10.9 Å². The minimum Gasteiger partial charge on any atom is -0.378 e. The first-order valence-electron chi connectivity index (χ1n) is 6.04. The molecule has 2 heterocycles. The van der Waals surface area contributed by atoms with Crippen molar-refractivity contribution in [2.75, 3.05) is 31.6 Å². The number of anilines is 1. The van der Waals surface area contributed by atoms with Crippen LogP contribution in [0.4, 0.5) is 18.3 Å². The fourth-order valence-corrected chi connectivity index (χ4v) is 2.55. The smallest absolute Gasteiger partial charge is 0.378 e. The van der Waals surface area contributed by atoms with E-state index in [1.165, 1.54) is 0 Å². The van der Waals surface area contributed by atoms with E-state index < -0.39 is 17.1 Å². The van der Waals surface area contributed by atoms with Crippen molar-refractivity contribution in [3.8, 4) is 0 Å². The Morgan fingerprint density at radius 3 is 2.70 bits per heavy atom. The first-order valence-corrected chi connectivity index (χ1v) is 6.85. The maximum atomic E-state index is 12.4. The largest absolute Gasteiger partial charge is 0.427 e. The summed E-state index contributed by atoms with van der Waals surface area (Å²) in [5, 5.41) is 2.80. The summed E-state index contributed by atoms with van der Waals surface area (Å²) in [4.78, 5) is 16.5. The van der Waals surface area contributed by atoms with Crippen LogP contribution in [-0.2, 0) is 15.7 Å². The fourth-order valence-electron chi connectivity index (χ4n) is 1.78. The minimum atomic E-state index is -4.41. The number of nitrogens with one attached hydrogen (secondary N) is 1. The van der Waals surface area contributed by atoms with Crippen LogP contribution < -0.4 is 5.32 Å². The van der Waals surface area contributed by atoms with E-state index in [1.54, 1.807) is 11.8 Å². The molecule has 0 spiro atoms. The molecule has 0 aliphatic carbocycles. The van der Waals surface area contributed by atoms with Crippen LogP contribution in [0.1, 0.15) is 11.8 Å². The van der Waals surface area contributed by atoms with E-state index >= 15 is 0 Å². The van der Waals surface area contributed by atoms with Gasteiger partial charge in [-0.2, -0.15) is 13.2 Å². The topological polar surface area (TPSA) is 54.5 Å². The molecular weight excluding hydrogens is 295 g/mol. The van der Waals surface area contributed by atoms with Crippen molar-refractivity contribution in [3.63, 3.8) is 0 Å². The Morgan fingerprint density at radius 1 is 1.50 bits per heavy atom. The Labute approximate surface area is 117 Å². The van der Waals surface area contributed by atoms with E-state index in [-0.39, 0.29) is 11.0 Å². The van der Waals surface area contributed by atoms with Gasteiger partial charge in [-0.3, -0.25) is 4.79 Å². The van der Waals surface area contributed by atoms with Crippen molar-refractivity contribution in [2.45, 2.75) is 19.1 Å². The number of hydrogen-bond donors (Lipinski definition) is 1. The Kier molecular flexibility index (Phi) is 4.48. The maximum Gasteiger partial charge on any atom is 0.427 e. The molecule has 0 saturated carbocycles. The summed E-state index contributed by atoms with van der Waals surface area (Å²) in [5.74, 6) is -0.169. The van der Waals surface area contributed by atoms with E-state index in [1.807, 2.05) is 0 Å². The molecule has 20 heavy (non-hydrogen) atoms. The third-order valence-corrected chi connectivity index (χ3v) is 3.79. The summed E-state index contributed by atoms with van der Waals surface area (Å²) in [6.07, 6.45) is -3.64. The third-order valence-electron chi connectivity index (χ3n) is 2.82. The number of ether oxygens (including phenoxy) is 1. The number of carbonyl (C=O) groups is 1. The van der Waals surface area contributed by atoms with Crippen LogP contribution in [-0.4, -0.2) is 48.1 Å². The predicted molar refractivity (Wildman–Crippen MR) is 67.6 cm³/mol. The molecule has 1 aromatic heterocycles. The van der Waals surface area contributed by atoms with Crippen LogP contribution in [0.25, 0.3) is 0 Å². The van der Waals surface area contributed by atoms with Crippen LogP contribution in [0.2, 0.25) is 0 Å². The normalized spacial score (nSPS) is 17.9. The lowest BCUT2D eigenvalue weighted by Crippen LogP contribution is -2.46. The van der Waals surface area contributed by atoms with Gasteiger partial charge in [-0.05, 0) is 6.92 Å². The lowest BCUT2D eigenvalue weighted by atomic mass is 10.2. The highest BCUT2D eigenvalue weighted by Crippen LogP contribution is 2.35. The number of rotatable bonds is 3. The van der Waals surface area contributed by atoms with E-state index in [0.29, 0.717) is 37.6 Å². The number of morpholine rings is 1. The molecule has 1 aliphatic heterocycles. The molecule has 5 nitrogen and oxygen atoms in total. The van der Waals surface area contributed by atoms with E-state index in [4.69, 9.17) is 4.74 Å². The van der Waals surface area contributed by atoms with Gasteiger partial charge >= 0.3 is 6.18 Å². The van der Waals surface area contributed by atoms with Gasteiger partial charge < -0.3 is 15.0 Å². The number of hydrogen-bond acceptors (Lipinski definition) is 5. The zero-order chi connectivity index (χ0) is 14.8. The van der Waals surface area contributed by atoms with Crippen LogP contribution in [0.5, 0.6) is 0 Å². The van der Waals surface area contributed by atoms with Crippen molar-refractivity contribution in [1.82, 2.24) is 9.88 Å². The summed E-state index contributed by atoms with van der Waals surface area (Å²) >= 11 is 0.490. The van der Waals surface area contributed by atoms with Gasteiger partial charge in [0.15, 0.2) is 5.13 Å². The van der Waals surface area contributed by atoms with E-state index in [9.17, 15) is 18.0 Å². The first-order chi connectivity index (χ1) is 9.38. The number of carbonyl (C=O) groups excluding carboxylic acids is 1. The number of alkyl halides is 3. The molecular formula is C11H14F3N3O2S. The van der Waals surface area contributed by atoms with Gasteiger partial charge in [0, 0.05) is 13.1 Å².